The van der Waals surface area contributed by atoms with Crippen LogP contribution in [-0.4, -0.2) is 50.8 Å². The van der Waals surface area contributed by atoms with Crippen molar-refractivity contribution in [2.75, 3.05) is 33.9 Å². The zero-order chi connectivity index (χ0) is 10.4. The van der Waals surface area contributed by atoms with Crippen molar-refractivity contribution in [3.8, 4) is 0 Å². The fourth-order valence-electron chi connectivity index (χ4n) is 1.40. The second-order valence-electron chi connectivity index (χ2n) is 3.38. The predicted molar refractivity (Wildman–Crippen MR) is 53.0 cm³/mol. The summed E-state index contributed by atoms with van der Waals surface area (Å²) in [4.78, 5) is 12.9. The monoisotopic (exact) mass is 199 g/mol. The second-order valence-corrected chi connectivity index (χ2v) is 3.38. The number of ether oxygens (including phenoxy) is 2. The maximum absolute atomic E-state index is 10.8. The Hall–Kier alpha value is -0.870. The van der Waals surface area contributed by atoms with Crippen LogP contribution in [-0.2, 0) is 14.3 Å². The number of methoxy groups -OCH3 is 1. The summed E-state index contributed by atoms with van der Waals surface area (Å²) < 4.78 is 9.76. The molecule has 1 aliphatic rings. The summed E-state index contributed by atoms with van der Waals surface area (Å²) in [6.07, 6.45) is 4.33. The van der Waals surface area contributed by atoms with Gasteiger partial charge in [-0.25, -0.2) is 4.79 Å². The van der Waals surface area contributed by atoms with E-state index < -0.39 is 0 Å². The van der Waals surface area contributed by atoms with Crippen LogP contribution in [0.3, 0.4) is 0 Å². The smallest absolute Gasteiger partial charge is 0.330 e. The highest BCUT2D eigenvalue weighted by Crippen LogP contribution is 2.09. The molecule has 1 aliphatic heterocycles. The van der Waals surface area contributed by atoms with E-state index in [2.05, 4.69) is 9.64 Å². The molecule has 1 heterocycles. The molecule has 0 aromatic rings. The van der Waals surface area contributed by atoms with Crippen molar-refractivity contribution < 1.29 is 14.3 Å². The molecule has 4 heteroatoms. The molecular weight excluding hydrogens is 182 g/mol. The van der Waals surface area contributed by atoms with E-state index in [0.717, 1.165) is 26.2 Å². The summed E-state index contributed by atoms with van der Waals surface area (Å²) in [5.74, 6) is -0.305. The average molecular weight is 199 g/mol. The first-order valence-electron chi connectivity index (χ1n) is 4.76. The lowest BCUT2D eigenvalue weighted by molar-refractivity contribution is -0.134. The average Bonchev–Trinajstić information content (AvgIpc) is 2.70. The van der Waals surface area contributed by atoms with Gasteiger partial charge in [-0.15, -0.1) is 0 Å². The van der Waals surface area contributed by atoms with Crippen LogP contribution in [0.15, 0.2) is 12.2 Å². The topological polar surface area (TPSA) is 38.8 Å². The zero-order valence-corrected chi connectivity index (χ0v) is 8.73. The third kappa shape index (κ3) is 3.47. The minimum Gasteiger partial charge on any atom is -0.466 e. The van der Waals surface area contributed by atoms with Gasteiger partial charge in [0.25, 0.3) is 0 Å². The molecular formula is C10H17NO3. The molecule has 0 aromatic carbocycles. The standard InChI is InChI=1S/C10H17NO3/c1-11(9-5-7-14-8-9)6-3-4-10(12)13-2/h3-4,9H,5-8H2,1-2H3/b4-3+/t9-/m0/s1. The van der Waals surface area contributed by atoms with Gasteiger partial charge >= 0.3 is 5.97 Å². The van der Waals surface area contributed by atoms with E-state index in [-0.39, 0.29) is 5.97 Å². The third-order valence-electron chi connectivity index (χ3n) is 2.38. The Morgan fingerprint density at radius 1 is 1.71 bits per heavy atom. The van der Waals surface area contributed by atoms with Gasteiger partial charge in [-0.1, -0.05) is 6.08 Å². The van der Waals surface area contributed by atoms with Crippen molar-refractivity contribution in [1.82, 2.24) is 4.90 Å². The van der Waals surface area contributed by atoms with E-state index in [0.29, 0.717) is 6.04 Å². The Morgan fingerprint density at radius 2 is 2.50 bits per heavy atom. The first-order valence-corrected chi connectivity index (χ1v) is 4.76. The Kier molecular flexibility index (Phi) is 4.62. The number of rotatable bonds is 4. The van der Waals surface area contributed by atoms with Gasteiger partial charge in [0.15, 0.2) is 0 Å². The van der Waals surface area contributed by atoms with E-state index in [4.69, 9.17) is 4.74 Å². The lowest BCUT2D eigenvalue weighted by atomic mass is 10.2. The molecule has 0 radical (unpaired) electrons. The molecule has 0 unspecified atom stereocenters. The molecule has 0 aromatic heterocycles. The quantitative estimate of drug-likeness (QED) is 0.486. The molecule has 0 bridgehead atoms. The number of nitrogens with zero attached hydrogens (tertiary/aromatic N) is 1. The molecule has 0 spiro atoms. The normalized spacial score (nSPS) is 22.1. The van der Waals surface area contributed by atoms with Crippen LogP contribution >= 0.6 is 0 Å². The fourth-order valence-corrected chi connectivity index (χ4v) is 1.40. The lowest BCUT2D eigenvalue weighted by Crippen LogP contribution is -2.32. The molecule has 0 saturated carbocycles. The Bertz CT molecular complexity index is 209. The summed E-state index contributed by atoms with van der Waals surface area (Å²) in [5.41, 5.74) is 0. The van der Waals surface area contributed by atoms with Crippen molar-refractivity contribution in [1.29, 1.82) is 0 Å². The van der Waals surface area contributed by atoms with Crippen LogP contribution in [0.25, 0.3) is 0 Å². The van der Waals surface area contributed by atoms with Gasteiger partial charge in [0.2, 0.25) is 0 Å². The summed E-state index contributed by atoms with van der Waals surface area (Å²) in [7, 11) is 3.40. The molecule has 1 fully saturated rings. The summed E-state index contributed by atoms with van der Waals surface area (Å²) >= 11 is 0. The maximum atomic E-state index is 10.8. The highest BCUT2D eigenvalue weighted by atomic mass is 16.5. The first-order chi connectivity index (χ1) is 6.74. The summed E-state index contributed by atoms with van der Waals surface area (Å²) in [6.45, 7) is 2.39. The summed E-state index contributed by atoms with van der Waals surface area (Å²) in [5, 5.41) is 0. The van der Waals surface area contributed by atoms with Crippen LogP contribution in [0.4, 0.5) is 0 Å². The summed E-state index contributed by atoms with van der Waals surface area (Å²) in [6, 6.07) is 0.484. The van der Waals surface area contributed by atoms with E-state index >= 15 is 0 Å². The number of hydrogen-bond acceptors (Lipinski definition) is 4. The van der Waals surface area contributed by atoms with Crippen LogP contribution in [0.1, 0.15) is 6.42 Å². The number of likely N-dealkylation sites (N-methyl/N-ethyl adjacent to an activating group) is 1. The minimum absolute atomic E-state index is 0.305. The van der Waals surface area contributed by atoms with E-state index in [9.17, 15) is 4.79 Å². The van der Waals surface area contributed by atoms with Crippen molar-refractivity contribution in [2.24, 2.45) is 0 Å². The molecule has 1 rings (SSSR count). The zero-order valence-electron chi connectivity index (χ0n) is 8.73. The molecule has 0 amide bonds. The molecule has 14 heavy (non-hydrogen) atoms. The van der Waals surface area contributed by atoms with Crippen molar-refractivity contribution in [3.05, 3.63) is 12.2 Å². The molecule has 0 aliphatic carbocycles. The van der Waals surface area contributed by atoms with Gasteiger partial charge in [-0.2, -0.15) is 0 Å². The SMILES string of the molecule is COC(=O)/C=C/CN(C)[C@H]1CCOC1. The second kappa shape index (κ2) is 5.78. The van der Waals surface area contributed by atoms with Crippen LogP contribution in [0, 0.1) is 0 Å². The van der Waals surface area contributed by atoms with Gasteiger partial charge in [0.05, 0.1) is 13.7 Å². The molecule has 4 nitrogen and oxygen atoms in total. The van der Waals surface area contributed by atoms with Gasteiger partial charge < -0.3 is 9.47 Å². The number of esters is 1. The van der Waals surface area contributed by atoms with Crippen LogP contribution < -0.4 is 0 Å². The third-order valence-corrected chi connectivity index (χ3v) is 2.38. The van der Waals surface area contributed by atoms with Gasteiger partial charge in [-0.3, -0.25) is 4.90 Å². The van der Waals surface area contributed by atoms with E-state index in [1.54, 1.807) is 0 Å². The Labute approximate surface area is 84.5 Å². The van der Waals surface area contributed by atoms with E-state index in [1.807, 2.05) is 13.1 Å². The van der Waals surface area contributed by atoms with Crippen molar-refractivity contribution in [3.63, 3.8) is 0 Å². The van der Waals surface area contributed by atoms with Crippen LogP contribution in [0.5, 0.6) is 0 Å². The molecule has 1 atom stereocenters. The number of hydrogen-bond donors (Lipinski definition) is 0. The number of carbonyl (C=O) groups is 1. The fraction of sp³-hybridized carbons (Fsp3) is 0.700. The van der Waals surface area contributed by atoms with Crippen molar-refractivity contribution in [2.45, 2.75) is 12.5 Å². The highest BCUT2D eigenvalue weighted by Gasteiger charge is 2.18. The molecule has 80 valence electrons. The number of carbonyl (C=O) groups excluding carboxylic acids is 1. The highest BCUT2D eigenvalue weighted by molar-refractivity contribution is 5.81. The largest absolute Gasteiger partial charge is 0.466 e. The van der Waals surface area contributed by atoms with Crippen LogP contribution in [0.2, 0.25) is 0 Å². The van der Waals surface area contributed by atoms with Gasteiger partial charge in [-0.05, 0) is 13.5 Å². The molecule has 0 N–H and O–H groups in total. The minimum atomic E-state index is -0.305. The first kappa shape index (κ1) is 11.2. The maximum Gasteiger partial charge on any atom is 0.330 e. The predicted octanol–water partition coefficient (Wildman–Crippen LogP) is 0.436. The van der Waals surface area contributed by atoms with Gasteiger partial charge in [0, 0.05) is 25.3 Å². The van der Waals surface area contributed by atoms with Crippen molar-refractivity contribution >= 4 is 5.97 Å². The Balaban J connectivity index is 2.22. The lowest BCUT2D eigenvalue weighted by Gasteiger charge is -2.20. The molecule has 1 saturated heterocycles. The Morgan fingerprint density at radius 3 is 3.07 bits per heavy atom. The van der Waals surface area contributed by atoms with E-state index in [1.165, 1.54) is 13.2 Å². The van der Waals surface area contributed by atoms with Gasteiger partial charge in [0.1, 0.15) is 0 Å².